The van der Waals surface area contributed by atoms with Gasteiger partial charge in [-0.1, -0.05) is 36.4 Å². The molecule has 1 aliphatic heterocycles. The number of fused-ring (bicyclic) bond motifs is 3. The van der Waals surface area contributed by atoms with Gasteiger partial charge in [-0.25, -0.2) is 0 Å². The quantitative estimate of drug-likeness (QED) is 0.644. The van der Waals surface area contributed by atoms with E-state index in [1.165, 1.54) is 11.1 Å². The molecule has 1 heterocycles. The van der Waals surface area contributed by atoms with Gasteiger partial charge in [0.2, 0.25) is 0 Å². The Morgan fingerprint density at radius 2 is 1.93 bits per heavy atom. The van der Waals surface area contributed by atoms with Crippen LogP contribution in [0.4, 0.5) is 0 Å². The third-order valence-corrected chi connectivity index (χ3v) is 2.90. The zero-order valence-corrected chi connectivity index (χ0v) is 8.94. The average molecular weight is 202 g/mol. The van der Waals surface area contributed by atoms with E-state index in [4.69, 9.17) is 9.47 Å². The molecular weight excluding hydrogens is 188 g/mol. The van der Waals surface area contributed by atoms with Crippen molar-refractivity contribution >= 4 is 6.08 Å². The smallest absolute Gasteiger partial charge is 0.164 e. The Bertz CT molecular complexity index is 420. The second-order valence-corrected chi connectivity index (χ2v) is 4.51. The Hall–Kier alpha value is -1.12. The summed E-state index contributed by atoms with van der Waals surface area (Å²) in [6.07, 6.45) is 4.32. The second kappa shape index (κ2) is 2.94. The highest BCUT2D eigenvalue weighted by atomic mass is 16.7. The van der Waals surface area contributed by atoms with Gasteiger partial charge in [0.05, 0.1) is 0 Å². The van der Waals surface area contributed by atoms with Crippen molar-refractivity contribution < 1.29 is 9.47 Å². The molecule has 0 amide bonds. The van der Waals surface area contributed by atoms with Crippen LogP contribution in [0.2, 0.25) is 0 Å². The lowest BCUT2D eigenvalue weighted by Gasteiger charge is -2.20. The Morgan fingerprint density at radius 1 is 1.13 bits per heavy atom. The zero-order chi connectivity index (χ0) is 10.5. The van der Waals surface area contributed by atoms with Crippen molar-refractivity contribution in [2.24, 2.45) is 0 Å². The molecule has 1 aromatic carbocycles. The van der Waals surface area contributed by atoms with Crippen LogP contribution >= 0.6 is 0 Å². The number of benzene rings is 1. The van der Waals surface area contributed by atoms with Gasteiger partial charge in [0.25, 0.3) is 0 Å². The predicted molar refractivity (Wildman–Crippen MR) is 58.3 cm³/mol. The van der Waals surface area contributed by atoms with E-state index in [1.54, 1.807) is 0 Å². The maximum Gasteiger partial charge on any atom is 0.164 e. The lowest BCUT2D eigenvalue weighted by molar-refractivity contribution is -0.143. The van der Waals surface area contributed by atoms with Crippen LogP contribution < -0.4 is 0 Å². The zero-order valence-electron chi connectivity index (χ0n) is 8.94. The molecule has 0 aromatic heterocycles. The molecule has 0 spiro atoms. The lowest BCUT2D eigenvalue weighted by atomic mass is 9.93. The highest BCUT2D eigenvalue weighted by molar-refractivity contribution is 5.58. The van der Waals surface area contributed by atoms with Crippen molar-refractivity contribution in [3.05, 3.63) is 41.5 Å². The summed E-state index contributed by atoms with van der Waals surface area (Å²) in [4.78, 5) is 0. The third-order valence-electron chi connectivity index (χ3n) is 2.90. The fourth-order valence-corrected chi connectivity index (χ4v) is 2.29. The molecular formula is C13H14O2. The molecule has 0 N–H and O–H groups in total. The van der Waals surface area contributed by atoms with E-state index in [0.717, 1.165) is 0 Å². The van der Waals surface area contributed by atoms with Crippen molar-refractivity contribution in [2.75, 3.05) is 0 Å². The minimum Gasteiger partial charge on any atom is -0.340 e. The first-order valence-electron chi connectivity index (χ1n) is 5.28. The van der Waals surface area contributed by atoms with Crippen molar-refractivity contribution in [1.82, 2.24) is 0 Å². The fraction of sp³-hybridized carbons (Fsp3) is 0.385. The van der Waals surface area contributed by atoms with Crippen LogP contribution in [0.1, 0.15) is 31.1 Å². The molecule has 2 aliphatic rings. The standard InChI is InChI=1S/C13H14O2/c1-13(2)14-11-8-7-9-5-3-4-6-10(9)12(11)15-13/h3-8,11-12H,1-2H3/t11-,12+/m1/s1. The summed E-state index contributed by atoms with van der Waals surface area (Å²) in [6, 6.07) is 8.31. The summed E-state index contributed by atoms with van der Waals surface area (Å²) in [7, 11) is 0. The first-order valence-corrected chi connectivity index (χ1v) is 5.28. The van der Waals surface area contributed by atoms with Crippen molar-refractivity contribution in [3.8, 4) is 0 Å². The molecule has 1 aromatic rings. The van der Waals surface area contributed by atoms with E-state index in [9.17, 15) is 0 Å². The van der Waals surface area contributed by atoms with Crippen LogP contribution in [-0.2, 0) is 9.47 Å². The summed E-state index contributed by atoms with van der Waals surface area (Å²) >= 11 is 0. The molecule has 2 atom stereocenters. The second-order valence-electron chi connectivity index (χ2n) is 4.51. The van der Waals surface area contributed by atoms with Crippen LogP contribution in [0.3, 0.4) is 0 Å². The Kier molecular flexibility index (Phi) is 1.79. The van der Waals surface area contributed by atoms with E-state index in [0.29, 0.717) is 0 Å². The molecule has 0 unspecified atom stereocenters. The SMILES string of the molecule is CC1(C)O[C@@H]2C=Cc3ccccc3[C@@H]2O1. The average Bonchev–Trinajstić information content (AvgIpc) is 2.52. The van der Waals surface area contributed by atoms with E-state index < -0.39 is 5.79 Å². The molecule has 3 rings (SSSR count). The summed E-state index contributed by atoms with van der Waals surface area (Å²) in [5.74, 6) is -0.475. The van der Waals surface area contributed by atoms with Gasteiger partial charge < -0.3 is 9.47 Å². The molecule has 1 fully saturated rings. The van der Waals surface area contributed by atoms with E-state index >= 15 is 0 Å². The maximum atomic E-state index is 5.91. The van der Waals surface area contributed by atoms with Crippen LogP contribution in [0.25, 0.3) is 6.08 Å². The summed E-state index contributed by atoms with van der Waals surface area (Å²) in [5.41, 5.74) is 2.47. The molecule has 2 heteroatoms. The van der Waals surface area contributed by atoms with Crippen LogP contribution in [-0.4, -0.2) is 11.9 Å². The summed E-state index contributed by atoms with van der Waals surface area (Å²) in [5, 5.41) is 0. The van der Waals surface area contributed by atoms with Crippen molar-refractivity contribution in [2.45, 2.75) is 31.8 Å². The molecule has 0 radical (unpaired) electrons. The summed E-state index contributed by atoms with van der Waals surface area (Å²) < 4.78 is 11.7. The van der Waals surface area contributed by atoms with Gasteiger partial charge in [0.1, 0.15) is 12.2 Å². The van der Waals surface area contributed by atoms with Gasteiger partial charge in [0.15, 0.2) is 5.79 Å². The van der Waals surface area contributed by atoms with Gasteiger partial charge in [-0.15, -0.1) is 0 Å². The number of rotatable bonds is 0. The number of ether oxygens (including phenoxy) is 2. The molecule has 0 bridgehead atoms. The topological polar surface area (TPSA) is 18.5 Å². The maximum absolute atomic E-state index is 5.91. The Labute approximate surface area is 89.5 Å². The normalized spacial score (nSPS) is 31.1. The van der Waals surface area contributed by atoms with Crippen molar-refractivity contribution in [1.29, 1.82) is 0 Å². The van der Waals surface area contributed by atoms with E-state index in [1.807, 2.05) is 26.0 Å². The first kappa shape index (κ1) is 9.13. The van der Waals surface area contributed by atoms with Gasteiger partial charge in [-0.3, -0.25) is 0 Å². The van der Waals surface area contributed by atoms with Crippen LogP contribution in [0.5, 0.6) is 0 Å². The molecule has 2 nitrogen and oxygen atoms in total. The summed E-state index contributed by atoms with van der Waals surface area (Å²) in [6.45, 7) is 3.92. The van der Waals surface area contributed by atoms with Gasteiger partial charge in [-0.05, 0) is 25.0 Å². The number of hydrogen-bond donors (Lipinski definition) is 0. The van der Waals surface area contributed by atoms with Gasteiger partial charge in [0, 0.05) is 0 Å². The molecule has 1 aliphatic carbocycles. The van der Waals surface area contributed by atoms with E-state index in [2.05, 4.69) is 24.3 Å². The molecule has 0 saturated carbocycles. The van der Waals surface area contributed by atoms with Crippen LogP contribution in [0, 0.1) is 0 Å². The van der Waals surface area contributed by atoms with E-state index in [-0.39, 0.29) is 12.2 Å². The van der Waals surface area contributed by atoms with Crippen LogP contribution in [0.15, 0.2) is 30.3 Å². The van der Waals surface area contributed by atoms with Crippen molar-refractivity contribution in [3.63, 3.8) is 0 Å². The molecule has 1 saturated heterocycles. The molecule has 15 heavy (non-hydrogen) atoms. The third kappa shape index (κ3) is 1.41. The minimum atomic E-state index is -0.475. The Balaban J connectivity index is 2.06. The Morgan fingerprint density at radius 3 is 2.80 bits per heavy atom. The monoisotopic (exact) mass is 202 g/mol. The number of hydrogen-bond acceptors (Lipinski definition) is 2. The predicted octanol–water partition coefficient (Wildman–Crippen LogP) is 2.91. The van der Waals surface area contributed by atoms with Gasteiger partial charge >= 0.3 is 0 Å². The lowest BCUT2D eigenvalue weighted by Crippen LogP contribution is -2.20. The highest BCUT2D eigenvalue weighted by Gasteiger charge is 2.42. The molecule has 78 valence electrons. The fourth-order valence-electron chi connectivity index (χ4n) is 2.29. The van der Waals surface area contributed by atoms with Gasteiger partial charge in [-0.2, -0.15) is 0 Å². The first-order chi connectivity index (χ1) is 7.16. The highest BCUT2D eigenvalue weighted by Crippen LogP contribution is 2.42. The largest absolute Gasteiger partial charge is 0.340 e. The minimum absolute atomic E-state index is 0.0567.